The highest BCUT2D eigenvalue weighted by atomic mass is 127. The summed E-state index contributed by atoms with van der Waals surface area (Å²) in [6.45, 7) is 9.08. The maximum Gasteiger partial charge on any atom is 0.261 e. The normalized spacial score (nSPS) is 14.1. The first-order chi connectivity index (χ1) is 13.0. The quantitative estimate of drug-likeness (QED) is 0.242. The lowest BCUT2D eigenvalue weighted by molar-refractivity contribution is 0.193. The van der Waals surface area contributed by atoms with Gasteiger partial charge in [0.2, 0.25) is 0 Å². The third kappa shape index (κ3) is 5.43. The Kier molecular flexibility index (Phi) is 8.51. The summed E-state index contributed by atoms with van der Waals surface area (Å²) in [6, 6.07) is 21.8. The van der Waals surface area contributed by atoms with E-state index in [1.165, 1.54) is 10.4 Å². The van der Waals surface area contributed by atoms with E-state index >= 15 is 0 Å². The zero-order valence-corrected chi connectivity index (χ0v) is 20.0. The lowest BCUT2D eigenvalue weighted by Crippen LogP contribution is -2.67. The summed E-state index contributed by atoms with van der Waals surface area (Å²) in [5.74, 6) is 0. The Morgan fingerprint density at radius 2 is 1.37 bits per heavy atom. The smallest absolute Gasteiger partial charge is 0.261 e. The molecule has 0 spiro atoms. The molecule has 0 heterocycles. The fraction of sp³-hybridized carbons (Fsp3) is 0.333. The van der Waals surface area contributed by atoms with E-state index in [0.717, 1.165) is 12.8 Å². The number of halogens is 1. The number of hydrogen-bond acceptors (Lipinski definition) is 1. The maximum absolute atomic E-state index is 7.21. The summed E-state index contributed by atoms with van der Waals surface area (Å²) in [7, 11) is -2.48. The van der Waals surface area contributed by atoms with Crippen LogP contribution >= 0.6 is 22.6 Å². The molecular formula is C24H31IOSi. The molecule has 2 aromatic rings. The van der Waals surface area contributed by atoms with Crippen LogP contribution in [0.4, 0.5) is 0 Å². The number of allylic oxidation sites excluding steroid dienone is 1. The molecule has 1 nitrogen and oxygen atoms in total. The number of benzene rings is 2. The largest absolute Gasteiger partial charge is 0.404 e. The molecule has 2 aromatic carbocycles. The van der Waals surface area contributed by atoms with Gasteiger partial charge in [-0.3, -0.25) is 0 Å². The van der Waals surface area contributed by atoms with Gasteiger partial charge in [0.25, 0.3) is 8.32 Å². The highest BCUT2D eigenvalue weighted by Gasteiger charge is 2.51. The van der Waals surface area contributed by atoms with Crippen LogP contribution in [-0.4, -0.2) is 14.4 Å². The van der Waals surface area contributed by atoms with Gasteiger partial charge in [0.15, 0.2) is 0 Å². The molecule has 144 valence electrons. The second kappa shape index (κ2) is 10.4. The Morgan fingerprint density at radius 1 is 0.889 bits per heavy atom. The molecule has 2 rings (SSSR count). The molecule has 0 unspecified atom stereocenters. The second-order valence-electron chi connectivity index (χ2n) is 7.81. The van der Waals surface area contributed by atoms with Crippen LogP contribution in [0, 0.1) is 0 Å². The average Bonchev–Trinajstić information content (AvgIpc) is 2.68. The van der Waals surface area contributed by atoms with Crippen molar-refractivity contribution in [3.63, 3.8) is 0 Å². The highest BCUT2D eigenvalue weighted by molar-refractivity contribution is 14.1. The van der Waals surface area contributed by atoms with Gasteiger partial charge in [0, 0.05) is 0 Å². The van der Waals surface area contributed by atoms with Crippen LogP contribution < -0.4 is 10.4 Å². The molecule has 27 heavy (non-hydrogen) atoms. The van der Waals surface area contributed by atoms with Crippen LogP contribution in [0.2, 0.25) is 5.04 Å². The first-order valence-electron chi connectivity index (χ1n) is 9.61. The molecule has 0 N–H and O–H groups in total. The molecule has 0 bridgehead atoms. The van der Waals surface area contributed by atoms with Crippen LogP contribution in [0.5, 0.6) is 0 Å². The van der Waals surface area contributed by atoms with Crippen LogP contribution in [0.3, 0.4) is 0 Å². The lowest BCUT2D eigenvalue weighted by Gasteiger charge is -2.45. The van der Waals surface area contributed by atoms with Crippen molar-refractivity contribution in [1.82, 2.24) is 0 Å². The Balaban J connectivity index is 2.63. The molecule has 0 saturated carbocycles. The van der Waals surface area contributed by atoms with Crippen molar-refractivity contribution in [3.8, 4) is 0 Å². The van der Waals surface area contributed by atoms with Crippen LogP contribution in [0.15, 0.2) is 83.0 Å². The van der Waals surface area contributed by atoms with E-state index in [1.54, 1.807) is 0 Å². The van der Waals surface area contributed by atoms with Crippen molar-refractivity contribution in [2.24, 2.45) is 0 Å². The predicted molar refractivity (Wildman–Crippen MR) is 130 cm³/mol. The van der Waals surface area contributed by atoms with Crippen LogP contribution in [0.1, 0.15) is 40.5 Å². The molecule has 0 fully saturated rings. The topological polar surface area (TPSA) is 9.23 Å². The van der Waals surface area contributed by atoms with E-state index in [4.69, 9.17) is 4.43 Å². The molecule has 1 atom stereocenters. The molecular weight excluding hydrogens is 459 g/mol. The summed E-state index contributed by atoms with van der Waals surface area (Å²) in [5.41, 5.74) is 0. The maximum atomic E-state index is 7.21. The fourth-order valence-electron chi connectivity index (χ4n) is 3.62. The molecule has 0 saturated heterocycles. The minimum absolute atomic E-state index is 0.0118. The first kappa shape index (κ1) is 22.1. The molecule has 0 aliphatic heterocycles. The van der Waals surface area contributed by atoms with Crippen LogP contribution in [-0.2, 0) is 4.43 Å². The summed E-state index contributed by atoms with van der Waals surface area (Å²) in [6.07, 6.45) is 8.59. The van der Waals surface area contributed by atoms with Crippen molar-refractivity contribution in [1.29, 1.82) is 0 Å². The van der Waals surface area contributed by atoms with E-state index in [-0.39, 0.29) is 11.1 Å². The van der Waals surface area contributed by atoms with E-state index in [2.05, 4.69) is 133 Å². The van der Waals surface area contributed by atoms with Gasteiger partial charge < -0.3 is 4.43 Å². The summed E-state index contributed by atoms with van der Waals surface area (Å²) in [4.78, 5) is 0. The number of hydrogen-bond donors (Lipinski definition) is 0. The molecule has 0 amide bonds. The van der Waals surface area contributed by atoms with Crippen LogP contribution in [0.25, 0.3) is 0 Å². The Morgan fingerprint density at radius 3 is 1.78 bits per heavy atom. The molecule has 3 heteroatoms. The molecule has 0 aliphatic rings. The average molecular weight is 491 g/mol. The van der Waals surface area contributed by atoms with Crippen molar-refractivity contribution >= 4 is 41.3 Å². The zero-order valence-electron chi connectivity index (χ0n) is 16.9. The van der Waals surface area contributed by atoms with Gasteiger partial charge in [-0.2, -0.15) is 0 Å². The van der Waals surface area contributed by atoms with Gasteiger partial charge in [-0.05, 0) is 39.3 Å². The van der Waals surface area contributed by atoms with Gasteiger partial charge in [0.05, 0.1) is 6.10 Å². The Labute approximate surface area is 179 Å². The highest BCUT2D eigenvalue weighted by Crippen LogP contribution is 2.38. The molecule has 0 aromatic heterocycles. The summed E-state index contributed by atoms with van der Waals surface area (Å²) < 4.78 is 9.30. The van der Waals surface area contributed by atoms with Gasteiger partial charge in [-0.15, -0.1) is 0 Å². The van der Waals surface area contributed by atoms with Crippen molar-refractivity contribution in [2.45, 2.75) is 51.7 Å². The van der Waals surface area contributed by atoms with Gasteiger partial charge in [-0.1, -0.05) is 122 Å². The predicted octanol–water partition coefficient (Wildman–Crippen LogP) is 6.24. The third-order valence-electron chi connectivity index (χ3n) is 4.88. The fourth-order valence-corrected chi connectivity index (χ4v) is 8.63. The van der Waals surface area contributed by atoms with Gasteiger partial charge in [0.1, 0.15) is 0 Å². The van der Waals surface area contributed by atoms with E-state index < -0.39 is 8.32 Å². The van der Waals surface area contributed by atoms with E-state index in [9.17, 15) is 0 Å². The Bertz CT molecular complexity index is 678. The van der Waals surface area contributed by atoms with E-state index in [0.29, 0.717) is 0 Å². The standard InChI is InChI=1S/C24H31IOSi/c1-5-6-14-21(15-13-20-25)26-27(24(2,3)4,22-16-9-7-10-17-22)23-18-11-8-12-19-23/h5-13,16-21H,14-15H2,1-4H3/t21-/m0/s1. The van der Waals surface area contributed by atoms with E-state index in [1.807, 2.05) is 0 Å². The van der Waals surface area contributed by atoms with Gasteiger partial charge in [-0.25, -0.2) is 0 Å². The zero-order chi connectivity index (χ0) is 19.8. The SMILES string of the molecule is CC=CC[C@@H](CC=CI)O[Si](c1ccccc1)(c1ccccc1)C(C)(C)C. The van der Waals surface area contributed by atoms with Crippen molar-refractivity contribution in [3.05, 3.63) is 83.0 Å². The summed E-state index contributed by atoms with van der Waals surface area (Å²) >= 11 is 2.29. The van der Waals surface area contributed by atoms with Crippen molar-refractivity contribution < 1.29 is 4.43 Å². The first-order valence-corrected chi connectivity index (χ1v) is 12.8. The summed E-state index contributed by atoms with van der Waals surface area (Å²) in [5, 5.41) is 2.69. The minimum Gasteiger partial charge on any atom is -0.404 e. The number of rotatable bonds is 8. The van der Waals surface area contributed by atoms with Gasteiger partial charge >= 0.3 is 0 Å². The second-order valence-corrected chi connectivity index (χ2v) is 12.8. The molecule has 0 radical (unpaired) electrons. The Hall–Kier alpha value is -1.17. The third-order valence-corrected chi connectivity index (χ3v) is 10.5. The minimum atomic E-state index is -2.48. The monoisotopic (exact) mass is 490 g/mol. The lowest BCUT2D eigenvalue weighted by atomic mass is 10.2. The van der Waals surface area contributed by atoms with Crippen molar-refractivity contribution in [2.75, 3.05) is 0 Å². The molecule has 0 aliphatic carbocycles.